The number of rotatable bonds is 1. The average molecular weight is 304 g/mol. The summed E-state index contributed by atoms with van der Waals surface area (Å²) >= 11 is 12.0. The largest absolute Gasteiger partial charge is 0.321 e. The van der Waals surface area contributed by atoms with Crippen LogP contribution in [-0.2, 0) is 4.79 Å². The molecule has 0 saturated heterocycles. The molecule has 2 nitrogen and oxygen atoms in total. The maximum absolute atomic E-state index is 12.1. The van der Waals surface area contributed by atoms with Crippen LogP contribution in [-0.4, -0.2) is 5.91 Å². The highest BCUT2D eigenvalue weighted by atomic mass is 35.5. The summed E-state index contributed by atoms with van der Waals surface area (Å²) in [7, 11) is 0. The molecule has 1 amide bonds. The highest BCUT2D eigenvalue weighted by Crippen LogP contribution is 2.35. The SMILES string of the molecule is Cc1ccc2c(c1)C(=Cc1ccc(Cl)cc1Cl)C(=O)N2. The van der Waals surface area contributed by atoms with Crippen LogP contribution in [0, 0.1) is 6.92 Å². The minimum absolute atomic E-state index is 0.114. The number of aryl methyl sites for hydroxylation is 1. The van der Waals surface area contributed by atoms with Gasteiger partial charge in [-0.15, -0.1) is 0 Å². The van der Waals surface area contributed by atoms with Crippen LogP contribution in [0.15, 0.2) is 36.4 Å². The second kappa shape index (κ2) is 4.97. The van der Waals surface area contributed by atoms with E-state index in [0.29, 0.717) is 15.6 Å². The van der Waals surface area contributed by atoms with Crippen molar-refractivity contribution < 1.29 is 4.79 Å². The second-order valence-electron chi connectivity index (χ2n) is 4.73. The van der Waals surface area contributed by atoms with Gasteiger partial charge in [-0.3, -0.25) is 4.79 Å². The zero-order chi connectivity index (χ0) is 14.3. The van der Waals surface area contributed by atoms with Gasteiger partial charge in [-0.2, -0.15) is 0 Å². The minimum atomic E-state index is -0.114. The van der Waals surface area contributed by atoms with Gasteiger partial charge in [0.15, 0.2) is 0 Å². The maximum atomic E-state index is 12.1. The molecule has 3 rings (SSSR count). The summed E-state index contributed by atoms with van der Waals surface area (Å²) in [5, 5.41) is 3.95. The van der Waals surface area contributed by atoms with Crippen LogP contribution in [0.25, 0.3) is 11.6 Å². The van der Waals surface area contributed by atoms with Crippen molar-refractivity contribution in [3.05, 3.63) is 63.1 Å². The summed E-state index contributed by atoms with van der Waals surface area (Å²) in [6.07, 6.45) is 1.79. The number of amides is 1. The number of benzene rings is 2. The number of hydrogen-bond donors (Lipinski definition) is 1. The Bertz CT molecular complexity index is 750. The molecule has 0 aromatic heterocycles. The van der Waals surface area contributed by atoms with Gasteiger partial charge in [0, 0.05) is 26.9 Å². The summed E-state index contributed by atoms with van der Waals surface area (Å²) in [6, 6.07) is 11.1. The summed E-state index contributed by atoms with van der Waals surface area (Å²) < 4.78 is 0. The van der Waals surface area contributed by atoms with E-state index in [1.54, 1.807) is 24.3 Å². The number of anilines is 1. The fraction of sp³-hybridized carbons (Fsp3) is 0.0625. The molecule has 2 aromatic rings. The van der Waals surface area contributed by atoms with Crippen LogP contribution in [0.4, 0.5) is 5.69 Å². The predicted molar refractivity (Wildman–Crippen MR) is 84.1 cm³/mol. The van der Waals surface area contributed by atoms with E-state index in [9.17, 15) is 4.79 Å². The number of carbonyl (C=O) groups excluding carboxylic acids is 1. The molecule has 0 fully saturated rings. The van der Waals surface area contributed by atoms with Crippen LogP contribution < -0.4 is 5.32 Å². The van der Waals surface area contributed by atoms with Crippen molar-refractivity contribution in [3.63, 3.8) is 0 Å². The van der Waals surface area contributed by atoms with E-state index in [1.807, 2.05) is 25.1 Å². The Labute approximate surface area is 127 Å². The smallest absolute Gasteiger partial charge is 0.256 e. The monoisotopic (exact) mass is 303 g/mol. The van der Waals surface area contributed by atoms with Crippen LogP contribution in [0.1, 0.15) is 16.7 Å². The highest BCUT2D eigenvalue weighted by Gasteiger charge is 2.24. The molecule has 100 valence electrons. The van der Waals surface area contributed by atoms with Crippen LogP contribution >= 0.6 is 23.2 Å². The number of halogens is 2. The summed E-state index contributed by atoms with van der Waals surface area (Å²) in [6.45, 7) is 2.00. The number of hydrogen-bond acceptors (Lipinski definition) is 1. The molecule has 1 aliphatic rings. The van der Waals surface area contributed by atoms with Gasteiger partial charge in [-0.25, -0.2) is 0 Å². The molecule has 2 aromatic carbocycles. The molecule has 1 aliphatic heterocycles. The number of nitrogens with one attached hydrogen (secondary N) is 1. The van der Waals surface area contributed by atoms with Crippen molar-refractivity contribution in [1.82, 2.24) is 0 Å². The van der Waals surface area contributed by atoms with E-state index >= 15 is 0 Å². The Morgan fingerprint density at radius 2 is 1.90 bits per heavy atom. The fourth-order valence-electron chi connectivity index (χ4n) is 2.22. The third-order valence-electron chi connectivity index (χ3n) is 3.22. The predicted octanol–water partition coefficient (Wildman–Crippen LogP) is 4.79. The Hall–Kier alpha value is -1.77. The molecule has 20 heavy (non-hydrogen) atoms. The fourth-order valence-corrected chi connectivity index (χ4v) is 2.68. The van der Waals surface area contributed by atoms with Crippen LogP contribution in [0.5, 0.6) is 0 Å². The van der Waals surface area contributed by atoms with Crippen molar-refractivity contribution >= 4 is 46.4 Å². The van der Waals surface area contributed by atoms with Gasteiger partial charge in [0.1, 0.15) is 0 Å². The zero-order valence-electron chi connectivity index (χ0n) is 10.7. The quantitative estimate of drug-likeness (QED) is 0.754. The van der Waals surface area contributed by atoms with Gasteiger partial charge in [0.2, 0.25) is 0 Å². The first-order valence-corrected chi connectivity index (χ1v) is 6.89. The molecule has 0 radical (unpaired) electrons. The lowest BCUT2D eigenvalue weighted by Crippen LogP contribution is -2.03. The lowest BCUT2D eigenvalue weighted by atomic mass is 10.0. The average Bonchev–Trinajstić information content (AvgIpc) is 2.69. The van der Waals surface area contributed by atoms with Crippen LogP contribution in [0.3, 0.4) is 0 Å². The molecule has 0 atom stereocenters. The van der Waals surface area contributed by atoms with E-state index in [-0.39, 0.29) is 5.91 Å². The first-order valence-electron chi connectivity index (χ1n) is 6.14. The van der Waals surface area contributed by atoms with Gasteiger partial charge < -0.3 is 5.32 Å². The molecule has 0 saturated carbocycles. The van der Waals surface area contributed by atoms with E-state index in [4.69, 9.17) is 23.2 Å². The Balaban J connectivity index is 2.13. The zero-order valence-corrected chi connectivity index (χ0v) is 12.2. The lowest BCUT2D eigenvalue weighted by Gasteiger charge is -2.02. The summed E-state index contributed by atoms with van der Waals surface area (Å²) in [5.74, 6) is -0.114. The summed E-state index contributed by atoms with van der Waals surface area (Å²) in [5.41, 5.74) is 4.23. The molecule has 0 aliphatic carbocycles. The van der Waals surface area contributed by atoms with Crippen molar-refractivity contribution in [1.29, 1.82) is 0 Å². The van der Waals surface area contributed by atoms with E-state index in [2.05, 4.69) is 5.32 Å². The van der Waals surface area contributed by atoms with Gasteiger partial charge in [-0.05, 0) is 42.8 Å². The molecule has 1 heterocycles. The van der Waals surface area contributed by atoms with E-state index in [0.717, 1.165) is 22.4 Å². The number of fused-ring (bicyclic) bond motifs is 1. The molecule has 0 bridgehead atoms. The van der Waals surface area contributed by atoms with E-state index < -0.39 is 0 Å². The molecule has 0 unspecified atom stereocenters. The Morgan fingerprint density at radius 3 is 2.65 bits per heavy atom. The molecular weight excluding hydrogens is 293 g/mol. The Morgan fingerprint density at radius 1 is 1.10 bits per heavy atom. The molecule has 4 heteroatoms. The molecular formula is C16H11Cl2NO. The van der Waals surface area contributed by atoms with Gasteiger partial charge in [0.25, 0.3) is 5.91 Å². The lowest BCUT2D eigenvalue weighted by molar-refractivity contribution is -0.110. The van der Waals surface area contributed by atoms with Gasteiger partial charge in [-0.1, -0.05) is 40.9 Å². The second-order valence-corrected chi connectivity index (χ2v) is 5.57. The third kappa shape index (κ3) is 2.33. The van der Waals surface area contributed by atoms with Crippen molar-refractivity contribution in [3.8, 4) is 0 Å². The van der Waals surface area contributed by atoms with Crippen molar-refractivity contribution in [2.24, 2.45) is 0 Å². The minimum Gasteiger partial charge on any atom is -0.321 e. The summed E-state index contributed by atoms with van der Waals surface area (Å²) in [4.78, 5) is 12.1. The molecule has 1 N–H and O–H groups in total. The van der Waals surface area contributed by atoms with Crippen molar-refractivity contribution in [2.75, 3.05) is 5.32 Å². The third-order valence-corrected chi connectivity index (χ3v) is 3.78. The van der Waals surface area contributed by atoms with Crippen LogP contribution in [0.2, 0.25) is 10.0 Å². The topological polar surface area (TPSA) is 29.1 Å². The Kier molecular flexibility index (Phi) is 3.28. The number of carbonyl (C=O) groups is 1. The van der Waals surface area contributed by atoms with Gasteiger partial charge in [0.05, 0.1) is 0 Å². The molecule has 0 spiro atoms. The standard InChI is InChI=1S/C16H11Cl2NO/c1-9-2-5-15-12(6-9)13(16(20)19-15)7-10-3-4-11(17)8-14(10)18/h2-8H,1H3,(H,19,20). The first-order chi connectivity index (χ1) is 9.54. The van der Waals surface area contributed by atoms with E-state index in [1.165, 1.54) is 0 Å². The van der Waals surface area contributed by atoms with Gasteiger partial charge >= 0.3 is 0 Å². The highest BCUT2D eigenvalue weighted by molar-refractivity contribution is 6.38. The normalized spacial score (nSPS) is 15.3. The first kappa shape index (κ1) is 13.2. The maximum Gasteiger partial charge on any atom is 0.256 e. The van der Waals surface area contributed by atoms with Crippen molar-refractivity contribution in [2.45, 2.75) is 6.92 Å².